The zero-order chi connectivity index (χ0) is 20.3. The zero-order valence-electron chi connectivity index (χ0n) is 15.3. The summed E-state index contributed by atoms with van der Waals surface area (Å²) in [6, 6.07) is 4.46. The van der Waals surface area contributed by atoms with Gasteiger partial charge in [0.15, 0.2) is 0 Å². The van der Waals surface area contributed by atoms with Gasteiger partial charge in [-0.15, -0.1) is 0 Å². The van der Waals surface area contributed by atoms with Gasteiger partial charge in [-0.3, -0.25) is 0 Å². The van der Waals surface area contributed by atoms with Crippen molar-refractivity contribution in [1.29, 1.82) is 0 Å². The molecule has 0 saturated heterocycles. The molecule has 8 heteroatoms. The smallest absolute Gasteiger partial charge is 0.429 e. The maximum atomic E-state index is 13.6. The Labute approximate surface area is 149 Å². The molecule has 0 radical (unpaired) electrons. The summed E-state index contributed by atoms with van der Waals surface area (Å²) in [6.45, 7) is 7.90. The molecule has 0 aliphatic carbocycles. The summed E-state index contributed by atoms with van der Waals surface area (Å²) in [6.07, 6.45) is -10.7. The summed E-state index contributed by atoms with van der Waals surface area (Å²) in [5, 5.41) is 0. The Kier molecular flexibility index (Phi) is 6.65. The van der Waals surface area contributed by atoms with Crippen LogP contribution in [0.4, 0.5) is 26.7 Å². The average Bonchev–Trinajstić information content (AvgIpc) is 2.48. The number of hydrogen-bond acceptors (Lipinski definition) is 3. The van der Waals surface area contributed by atoms with Gasteiger partial charge in [-0.2, -0.15) is 13.2 Å². The average molecular weight is 382 g/mol. The Hall–Kier alpha value is -1.86. The van der Waals surface area contributed by atoms with Crippen molar-refractivity contribution in [2.75, 3.05) is 0 Å². The Balaban J connectivity index is 3.39. The van der Waals surface area contributed by atoms with Crippen molar-refractivity contribution < 1.29 is 36.2 Å². The lowest BCUT2D eigenvalue weighted by atomic mass is 9.90. The highest BCUT2D eigenvalue weighted by atomic mass is 19.4. The SMILES string of the molecule is CCC(C)c1ccc(C(OC(=O)OC(C)(C)C)(C(F)F)C(F)(F)F)cc1. The summed E-state index contributed by atoms with van der Waals surface area (Å²) in [4.78, 5) is 11.7. The quantitative estimate of drug-likeness (QED) is 0.451. The normalized spacial score (nSPS) is 16.1. The number of alkyl halides is 5. The van der Waals surface area contributed by atoms with Crippen molar-refractivity contribution in [2.45, 2.75) is 70.8 Å². The van der Waals surface area contributed by atoms with E-state index in [1.54, 1.807) is 0 Å². The van der Waals surface area contributed by atoms with Gasteiger partial charge in [-0.05, 0) is 38.7 Å². The molecule has 26 heavy (non-hydrogen) atoms. The Bertz CT molecular complexity index is 605. The first-order chi connectivity index (χ1) is 11.7. The monoisotopic (exact) mass is 382 g/mol. The second-order valence-corrected chi connectivity index (χ2v) is 7.03. The van der Waals surface area contributed by atoms with Crippen molar-refractivity contribution in [1.82, 2.24) is 0 Å². The van der Waals surface area contributed by atoms with Crippen LogP contribution in [-0.4, -0.2) is 24.4 Å². The lowest BCUT2D eigenvalue weighted by Gasteiger charge is -2.35. The summed E-state index contributed by atoms with van der Waals surface area (Å²) in [5.74, 6) is 0.0441. The van der Waals surface area contributed by atoms with E-state index in [2.05, 4.69) is 9.47 Å². The maximum absolute atomic E-state index is 13.6. The second kappa shape index (κ2) is 7.80. The fourth-order valence-corrected chi connectivity index (χ4v) is 2.27. The van der Waals surface area contributed by atoms with Gasteiger partial charge in [-0.25, -0.2) is 13.6 Å². The molecule has 1 aromatic rings. The van der Waals surface area contributed by atoms with Gasteiger partial charge in [0.1, 0.15) is 5.60 Å². The molecule has 0 aliphatic rings. The zero-order valence-corrected chi connectivity index (χ0v) is 15.3. The molecule has 1 rings (SSSR count). The first-order valence-corrected chi connectivity index (χ1v) is 8.12. The molecule has 3 nitrogen and oxygen atoms in total. The number of hydrogen-bond donors (Lipinski definition) is 0. The molecule has 0 bridgehead atoms. The predicted molar refractivity (Wildman–Crippen MR) is 86.2 cm³/mol. The third kappa shape index (κ3) is 4.86. The largest absolute Gasteiger partial charge is 0.510 e. The van der Waals surface area contributed by atoms with E-state index in [4.69, 9.17) is 0 Å². The number of carbonyl (C=O) groups is 1. The van der Waals surface area contributed by atoms with E-state index in [9.17, 15) is 26.7 Å². The summed E-state index contributed by atoms with van der Waals surface area (Å²) in [7, 11) is 0. The third-order valence-corrected chi connectivity index (χ3v) is 3.88. The van der Waals surface area contributed by atoms with Gasteiger partial charge < -0.3 is 9.47 Å². The number of halogens is 5. The predicted octanol–water partition coefficient (Wildman–Crippen LogP) is 6.17. The molecule has 0 fully saturated rings. The van der Waals surface area contributed by atoms with Gasteiger partial charge in [0.2, 0.25) is 0 Å². The maximum Gasteiger partial charge on any atom is 0.510 e. The fraction of sp³-hybridized carbons (Fsp3) is 0.611. The molecule has 0 aromatic heterocycles. The van der Waals surface area contributed by atoms with Crippen LogP contribution in [0.2, 0.25) is 0 Å². The summed E-state index contributed by atoms with van der Waals surface area (Å²) >= 11 is 0. The molecule has 2 unspecified atom stereocenters. The molecule has 2 atom stereocenters. The molecular formula is C18H23F5O3. The molecule has 0 spiro atoms. The van der Waals surface area contributed by atoms with Crippen LogP contribution in [0.3, 0.4) is 0 Å². The standard InChI is InChI=1S/C18H23F5O3/c1-6-11(2)12-7-9-13(10-8-12)17(14(19)20,18(21,22)23)26-15(24)25-16(3,4)5/h7-11,14H,6H2,1-5H3. The Morgan fingerprint density at radius 2 is 1.54 bits per heavy atom. The minimum atomic E-state index is -5.55. The molecule has 0 aliphatic heterocycles. The molecule has 0 heterocycles. The van der Waals surface area contributed by atoms with Crippen LogP contribution in [0.25, 0.3) is 0 Å². The van der Waals surface area contributed by atoms with Crippen LogP contribution in [-0.2, 0) is 15.1 Å². The van der Waals surface area contributed by atoms with E-state index in [-0.39, 0.29) is 5.92 Å². The van der Waals surface area contributed by atoms with Crippen LogP contribution in [0, 0.1) is 0 Å². The van der Waals surface area contributed by atoms with E-state index in [1.807, 2.05) is 13.8 Å². The minimum absolute atomic E-state index is 0.0441. The molecule has 0 saturated carbocycles. The van der Waals surface area contributed by atoms with Gasteiger partial charge in [0, 0.05) is 5.56 Å². The second-order valence-electron chi connectivity index (χ2n) is 7.03. The van der Waals surface area contributed by atoms with Crippen LogP contribution < -0.4 is 0 Å². The highest BCUT2D eigenvalue weighted by molar-refractivity contribution is 5.62. The van der Waals surface area contributed by atoms with Gasteiger partial charge in [0.05, 0.1) is 0 Å². The Morgan fingerprint density at radius 3 is 1.88 bits per heavy atom. The number of rotatable bonds is 5. The highest BCUT2D eigenvalue weighted by Crippen LogP contribution is 2.47. The van der Waals surface area contributed by atoms with E-state index < -0.39 is 35.5 Å². The van der Waals surface area contributed by atoms with E-state index in [0.717, 1.165) is 18.6 Å². The van der Waals surface area contributed by atoms with Gasteiger partial charge >= 0.3 is 12.3 Å². The first-order valence-electron chi connectivity index (χ1n) is 8.12. The molecule has 0 amide bonds. The van der Waals surface area contributed by atoms with Crippen molar-refractivity contribution in [2.24, 2.45) is 0 Å². The third-order valence-electron chi connectivity index (χ3n) is 3.88. The van der Waals surface area contributed by atoms with Crippen molar-refractivity contribution in [3.63, 3.8) is 0 Å². The lowest BCUT2D eigenvalue weighted by Crippen LogP contribution is -2.52. The summed E-state index contributed by atoms with van der Waals surface area (Å²) < 4.78 is 76.9. The molecule has 148 valence electrons. The van der Waals surface area contributed by atoms with E-state index >= 15 is 0 Å². The van der Waals surface area contributed by atoms with Crippen molar-refractivity contribution in [3.8, 4) is 0 Å². The van der Waals surface area contributed by atoms with Crippen molar-refractivity contribution in [3.05, 3.63) is 35.4 Å². The highest BCUT2D eigenvalue weighted by Gasteiger charge is 2.66. The lowest BCUT2D eigenvalue weighted by molar-refractivity contribution is -0.309. The van der Waals surface area contributed by atoms with Crippen LogP contribution in [0.15, 0.2) is 24.3 Å². The minimum Gasteiger partial charge on any atom is -0.429 e. The molecule has 1 aromatic carbocycles. The molecular weight excluding hydrogens is 359 g/mol. The van der Waals surface area contributed by atoms with E-state index in [0.29, 0.717) is 5.56 Å². The number of benzene rings is 1. The number of carbonyl (C=O) groups excluding carboxylic acids is 1. The van der Waals surface area contributed by atoms with Crippen LogP contribution in [0.1, 0.15) is 58.1 Å². The van der Waals surface area contributed by atoms with Gasteiger partial charge in [0.25, 0.3) is 12.0 Å². The Morgan fingerprint density at radius 1 is 1.04 bits per heavy atom. The van der Waals surface area contributed by atoms with Crippen LogP contribution in [0.5, 0.6) is 0 Å². The first kappa shape index (κ1) is 22.2. The fourth-order valence-electron chi connectivity index (χ4n) is 2.27. The number of ether oxygens (including phenoxy) is 2. The van der Waals surface area contributed by atoms with Crippen LogP contribution >= 0.6 is 0 Å². The summed E-state index contributed by atoms with van der Waals surface area (Å²) in [5.41, 5.74) is -5.47. The van der Waals surface area contributed by atoms with Crippen molar-refractivity contribution >= 4 is 6.16 Å². The topological polar surface area (TPSA) is 35.5 Å². The van der Waals surface area contributed by atoms with E-state index in [1.165, 1.54) is 32.9 Å². The molecule has 0 N–H and O–H groups in total. The van der Waals surface area contributed by atoms with Gasteiger partial charge in [-0.1, -0.05) is 38.1 Å².